The minimum atomic E-state index is -0.831. The number of anilines is 1. The molecule has 1 heterocycles. The second-order valence-corrected chi connectivity index (χ2v) is 7.07. The second-order valence-electron chi connectivity index (χ2n) is 6.16. The number of para-hydroxylation sites is 2. The molecule has 8 heteroatoms. The molecule has 1 atom stereocenters. The Morgan fingerprint density at radius 1 is 1.18 bits per heavy atom. The van der Waals surface area contributed by atoms with Crippen molar-refractivity contribution >= 4 is 39.4 Å². The predicted octanol–water partition coefficient (Wildman–Crippen LogP) is 2.08. The molecule has 0 fully saturated rings. The molecule has 0 spiro atoms. The van der Waals surface area contributed by atoms with Crippen LogP contribution < -0.4 is 15.0 Å². The van der Waals surface area contributed by atoms with E-state index in [2.05, 4.69) is 21.2 Å². The highest BCUT2D eigenvalue weighted by Gasteiger charge is 2.33. The van der Waals surface area contributed by atoms with Gasteiger partial charge in [0.05, 0.1) is 18.7 Å². The lowest BCUT2D eigenvalue weighted by molar-refractivity contribution is -0.147. The normalized spacial score (nSPS) is 15.2. The monoisotopic (exact) mass is 446 g/mol. The molecular formula is C20H19BrN2O5. The van der Waals surface area contributed by atoms with E-state index in [0.717, 1.165) is 10.0 Å². The molecule has 3 rings (SSSR count). The number of halogens is 1. The minimum absolute atomic E-state index is 0.0415. The molecular weight excluding hydrogens is 428 g/mol. The lowest BCUT2D eigenvalue weighted by Gasteiger charge is -2.33. The van der Waals surface area contributed by atoms with Crippen molar-refractivity contribution in [3.05, 3.63) is 58.6 Å². The Labute approximate surface area is 170 Å². The van der Waals surface area contributed by atoms with Crippen LogP contribution in [0.2, 0.25) is 0 Å². The fourth-order valence-corrected chi connectivity index (χ4v) is 3.07. The first-order valence-corrected chi connectivity index (χ1v) is 9.45. The van der Waals surface area contributed by atoms with Crippen LogP contribution in [0.3, 0.4) is 0 Å². The van der Waals surface area contributed by atoms with Gasteiger partial charge in [0.25, 0.3) is 11.8 Å². The van der Waals surface area contributed by atoms with E-state index in [1.165, 1.54) is 11.9 Å². The SMILES string of the molecule is CNC(=O)C1CN(C(=O)COC(=O)Cc2ccc(Br)cc2)c2ccccc2O1. The highest BCUT2D eigenvalue weighted by Crippen LogP contribution is 2.33. The summed E-state index contributed by atoms with van der Waals surface area (Å²) >= 11 is 3.33. The number of nitrogens with one attached hydrogen (secondary N) is 1. The first-order valence-electron chi connectivity index (χ1n) is 8.65. The number of fused-ring (bicyclic) bond motifs is 1. The van der Waals surface area contributed by atoms with E-state index in [-0.39, 0.29) is 18.9 Å². The summed E-state index contributed by atoms with van der Waals surface area (Å²) in [5.41, 5.74) is 1.33. The summed E-state index contributed by atoms with van der Waals surface area (Å²) in [4.78, 5) is 38.1. The summed E-state index contributed by atoms with van der Waals surface area (Å²) in [7, 11) is 1.50. The van der Waals surface area contributed by atoms with E-state index in [1.54, 1.807) is 36.4 Å². The number of amides is 2. The molecule has 1 aliphatic heterocycles. The molecule has 2 aromatic carbocycles. The number of benzene rings is 2. The average Bonchev–Trinajstić information content (AvgIpc) is 2.72. The Morgan fingerprint density at radius 2 is 1.89 bits per heavy atom. The summed E-state index contributed by atoms with van der Waals surface area (Å²) in [5.74, 6) is -0.828. The van der Waals surface area contributed by atoms with Crippen molar-refractivity contribution in [3.63, 3.8) is 0 Å². The Balaban J connectivity index is 1.64. The summed E-state index contributed by atoms with van der Waals surface area (Å²) in [6.07, 6.45) is -0.761. The molecule has 146 valence electrons. The molecule has 2 amide bonds. The van der Waals surface area contributed by atoms with Crippen LogP contribution in [0.15, 0.2) is 53.0 Å². The number of rotatable bonds is 5. The van der Waals surface area contributed by atoms with E-state index in [0.29, 0.717) is 11.4 Å². The van der Waals surface area contributed by atoms with Crippen molar-refractivity contribution < 1.29 is 23.9 Å². The molecule has 0 bridgehead atoms. The third-order valence-corrected chi connectivity index (χ3v) is 4.76. The third kappa shape index (κ3) is 4.69. The van der Waals surface area contributed by atoms with Gasteiger partial charge in [-0.2, -0.15) is 0 Å². The molecule has 0 radical (unpaired) electrons. The van der Waals surface area contributed by atoms with Crippen molar-refractivity contribution in [2.75, 3.05) is 25.1 Å². The van der Waals surface area contributed by atoms with Gasteiger partial charge < -0.3 is 19.7 Å². The first kappa shape index (κ1) is 19.9. The van der Waals surface area contributed by atoms with Crippen molar-refractivity contribution in [2.45, 2.75) is 12.5 Å². The van der Waals surface area contributed by atoms with Crippen molar-refractivity contribution in [1.29, 1.82) is 0 Å². The molecule has 1 unspecified atom stereocenters. The zero-order valence-electron chi connectivity index (χ0n) is 15.2. The molecule has 2 aromatic rings. The molecule has 7 nitrogen and oxygen atoms in total. The largest absolute Gasteiger partial charge is 0.477 e. The number of ether oxygens (including phenoxy) is 2. The van der Waals surface area contributed by atoms with Gasteiger partial charge in [0, 0.05) is 11.5 Å². The van der Waals surface area contributed by atoms with Crippen molar-refractivity contribution in [1.82, 2.24) is 5.32 Å². The van der Waals surface area contributed by atoms with Gasteiger partial charge in [0.15, 0.2) is 12.7 Å². The van der Waals surface area contributed by atoms with E-state index in [9.17, 15) is 14.4 Å². The minimum Gasteiger partial charge on any atom is -0.477 e. The van der Waals surface area contributed by atoms with Gasteiger partial charge in [-0.1, -0.05) is 40.2 Å². The van der Waals surface area contributed by atoms with Gasteiger partial charge in [0.1, 0.15) is 5.75 Å². The first-order chi connectivity index (χ1) is 13.5. The fraction of sp³-hybridized carbons (Fsp3) is 0.250. The Bertz CT molecular complexity index is 884. The maximum absolute atomic E-state index is 12.7. The maximum atomic E-state index is 12.7. The Kier molecular flexibility index (Phi) is 6.30. The Morgan fingerprint density at radius 3 is 2.61 bits per heavy atom. The van der Waals surface area contributed by atoms with Gasteiger partial charge >= 0.3 is 5.97 Å². The fourth-order valence-electron chi connectivity index (χ4n) is 2.81. The summed E-state index contributed by atoms with van der Waals surface area (Å²) in [5, 5.41) is 2.52. The zero-order valence-corrected chi connectivity index (χ0v) is 16.8. The topological polar surface area (TPSA) is 84.9 Å². The van der Waals surface area contributed by atoms with Crippen LogP contribution in [0, 0.1) is 0 Å². The average molecular weight is 447 g/mol. The second kappa shape index (κ2) is 8.88. The summed E-state index contributed by atoms with van der Waals surface area (Å²) < 4.78 is 11.7. The van der Waals surface area contributed by atoms with Crippen LogP contribution in [0.1, 0.15) is 5.56 Å². The molecule has 0 aromatic heterocycles. The number of esters is 1. The number of nitrogens with zero attached hydrogens (tertiary/aromatic N) is 1. The predicted molar refractivity (Wildman–Crippen MR) is 106 cm³/mol. The van der Waals surface area contributed by atoms with E-state index in [4.69, 9.17) is 9.47 Å². The van der Waals surface area contributed by atoms with Crippen LogP contribution in [0.4, 0.5) is 5.69 Å². The standard InChI is InChI=1S/C20H19BrN2O5/c1-22-20(26)17-11-23(15-4-2-3-5-16(15)28-17)18(24)12-27-19(25)10-13-6-8-14(21)9-7-13/h2-9,17H,10-12H2,1H3,(H,22,26). The van der Waals surface area contributed by atoms with E-state index < -0.39 is 24.6 Å². The van der Waals surface area contributed by atoms with E-state index >= 15 is 0 Å². The lowest BCUT2D eigenvalue weighted by atomic mass is 10.1. The molecule has 0 saturated heterocycles. The van der Waals surface area contributed by atoms with E-state index in [1.807, 2.05) is 12.1 Å². The highest BCUT2D eigenvalue weighted by molar-refractivity contribution is 9.10. The molecule has 1 N–H and O–H groups in total. The van der Waals surface area contributed by atoms with Gasteiger partial charge in [0.2, 0.25) is 0 Å². The summed E-state index contributed by atoms with van der Waals surface area (Å²) in [6, 6.07) is 14.2. The number of hydrogen-bond acceptors (Lipinski definition) is 5. The molecule has 0 saturated carbocycles. The Hall–Kier alpha value is -2.87. The smallest absolute Gasteiger partial charge is 0.310 e. The van der Waals surface area contributed by atoms with Crippen molar-refractivity contribution in [3.8, 4) is 5.75 Å². The van der Waals surface area contributed by atoms with Gasteiger partial charge in [-0.3, -0.25) is 14.4 Å². The lowest BCUT2D eigenvalue weighted by Crippen LogP contribution is -2.51. The van der Waals surface area contributed by atoms with Gasteiger partial charge in [-0.05, 0) is 29.8 Å². The number of carbonyl (C=O) groups excluding carboxylic acids is 3. The van der Waals surface area contributed by atoms with Gasteiger partial charge in [-0.25, -0.2) is 0 Å². The summed E-state index contributed by atoms with van der Waals surface area (Å²) in [6.45, 7) is -0.371. The van der Waals surface area contributed by atoms with Crippen LogP contribution in [0.5, 0.6) is 5.75 Å². The zero-order chi connectivity index (χ0) is 20.1. The van der Waals surface area contributed by atoms with Crippen molar-refractivity contribution in [2.24, 2.45) is 0 Å². The van der Waals surface area contributed by atoms with Crippen LogP contribution in [-0.4, -0.2) is 44.1 Å². The number of carbonyl (C=O) groups is 3. The van der Waals surface area contributed by atoms with Crippen LogP contribution >= 0.6 is 15.9 Å². The highest BCUT2D eigenvalue weighted by atomic mass is 79.9. The molecule has 0 aliphatic carbocycles. The number of hydrogen-bond donors (Lipinski definition) is 1. The van der Waals surface area contributed by atoms with Gasteiger partial charge in [-0.15, -0.1) is 0 Å². The quantitative estimate of drug-likeness (QED) is 0.710. The van der Waals surface area contributed by atoms with Crippen LogP contribution in [-0.2, 0) is 25.5 Å². The molecule has 28 heavy (non-hydrogen) atoms. The third-order valence-electron chi connectivity index (χ3n) is 4.23. The molecule has 1 aliphatic rings. The van der Waals surface area contributed by atoms with Crippen LogP contribution in [0.25, 0.3) is 0 Å². The maximum Gasteiger partial charge on any atom is 0.310 e. The number of likely N-dealkylation sites (N-methyl/N-ethyl adjacent to an activating group) is 1.